The Kier molecular flexibility index (Phi) is 3.79. The molecule has 6 nitrogen and oxygen atoms in total. The summed E-state index contributed by atoms with van der Waals surface area (Å²) >= 11 is 0. The van der Waals surface area contributed by atoms with Crippen LogP contribution in [0.4, 0.5) is 11.6 Å². The first kappa shape index (κ1) is 13.1. The molecule has 0 radical (unpaired) electrons. The van der Waals surface area contributed by atoms with Gasteiger partial charge in [0, 0.05) is 19.3 Å². The van der Waals surface area contributed by atoms with Crippen molar-refractivity contribution >= 4 is 17.5 Å². The molecule has 2 aromatic rings. The molecule has 0 bridgehead atoms. The summed E-state index contributed by atoms with van der Waals surface area (Å²) < 4.78 is 1.51. The predicted octanol–water partition coefficient (Wildman–Crippen LogP) is 1.81. The summed E-state index contributed by atoms with van der Waals surface area (Å²) in [5.74, 6) is 0.227. The van der Waals surface area contributed by atoms with E-state index in [1.807, 2.05) is 32.0 Å². The van der Waals surface area contributed by atoms with Crippen LogP contribution < -0.4 is 10.6 Å². The molecule has 6 heteroatoms. The van der Waals surface area contributed by atoms with Gasteiger partial charge in [0.15, 0.2) is 0 Å². The Bertz CT molecular complexity index is 590. The SMILES string of the molecule is CCNc1ccc(C)cc1C(=O)Nc1ncnn1C. The van der Waals surface area contributed by atoms with Gasteiger partial charge in [-0.2, -0.15) is 10.1 Å². The van der Waals surface area contributed by atoms with Crippen molar-refractivity contribution in [3.63, 3.8) is 0 Å². The van der Waals surface area contributed by atoms with Gasteiger partial charge in [0.1, 0.15) is 6.33 Å². The summed E-state index contributed by atoms with van der Waals surface area (Å²) in [6, 6.07) is 5.73. The highest BCUT2D eigenvalue weighted by molar-refractivity contribution is 6.07. The van der Waals surface area contributed by atoms with Gasteiger partial charge in [0.05, 0.1) is 5.56 Å². The molecule has 100 valence electrons. The largest absolute Gasteiger partial charge is 0.385 e. The van der Waals surface area contributed by atoms with E-state index in [2.05, 4.69) is 20.7 Å². The zero-order valence-corrected chi connectivity index (χ0v) is 11.3. The minimum Gasteiger partial charge on any atom is -0.385 e. The number of hydrogen-bond acceptors (Lipinski definition) is 4. The molecule has 0 saturated heterocycles. The van der Waals surface area contributed by atoms with Gasteiger partial charge < -0.3 is 5.32 Å². The third kappa shape index (κ3) is 2.90. The standard InChI is InChI=1S/C13H17N5O/c1-4-14-11-6-5-9(2)7-10(11)12(19)17-13-15-8-16-18(13)3/h5-8,14H,4H2,1-3H3,(H,15,16,17,19). The lowest BCUT2D eigenvalue weighted by Crippen LogP contribution is -2.17. The fourth-order valence-electron chi connectivity index (χ4n) is 1.77. The maximum atomic E-state index is 12.3. The number of hydrogen-bond donors (Lipinski definition) is 2. The minimum atomic E-state index is -0.198. The van der Waals surface area contributed by atoms with E-state index in [0.29, 0.717) is 11.5 Å². The van der Waals surface area contributed by atoms with Gasteiger partial charge in [0.2, 0.25) is 5.95 Å². The van der Waals surface area contributed by atoms with E-state index in [9.17, 15) is 4.79 Å². The van der Waals surface area contributed by atoms with Crippen LogP contribution in [0.2, 0.25) is 0 Å². The van der Waals surface area contributed by atoms with E-state index in [4.69, 9.17) is 0 Å². The second-order valence-corrected chi connectivity index (χ2v) is 4.24. The fourth-order valence-corrected chi connectivity index (χ4v) is 1.77. The van der Waals surface area contributed by atoms with Crippen molar-refractivity contribution in [2.75, 3.05) is 17.2 Å². The summed E-state index contributed by atoms with van der Waals surface area (Å²) in [5, 5.41) is 9.83. The average Bonchev–Trinajstić information content (AvgIpc) is 2.77. The van der Waals surface area contributed by atoms with Crippen molar-refractivity contribution in [3.8, 4) is 0 Å². The van der Waals surface area contributed by atoms with E-state index >= 15 is 0 Å². The Balaban J connectivity index is 2.27. The molecule has 2 rings (SSSR count). The first-order chi connectivity index (χ1) is 9.11. The molecule has 0 unspecified atom stereocenters. The molecule has 1 heterocycles. The molecular formula is C13H17N5O. The number of amides is 1. The fraction of sp³-hybridized carbons (Fsp3) is 0.308. The highest BCUT2D eigenvalue weighted by Gasteiger charge is 2.13. The van der Waals surface area contributed by atoms with Gasteiger partial charge in [-0.1, -0.05) is 11.6 Å². The number of benzene rings is 1. The molecule has 19 heavy (non-hydrogen) atoms. The average molecular weight is 259 g/mol. The van der Waals surface area contributed by atoms with Gasteiger partial charge in [-0.25, -0.2) is 4.68 Å². The first-order valence-corrected chi connectivity index (χ1v) is 6.11. The van der Waals surface area contributed by atoms with Crippen molar-refractivity contribution in [1.29, 1.82) is 0 Å². The number of nitrogens with one attached hydrogen (secondary N) is 2. The van der Waals surface area contributed by atoms with Crippen LogP contribution in [0.25, 0.3) is 0 Å². The zero-order valence-electron chi connectivity index (χ0n) is 11.3. The van der Waals surface area contributed by atoms with Crippen LogP contribution in [0.1, 0.15) is 22.8 Å². The molecule has 1 aromatic heterocycles. The molecule has 1 amide bonds. The van der Waals surface area contributed by atoms with Gasteiger partial charge in [-0.15, -0.1) is 0 Å². The summed E-state index contributed by atoms with van der Waals surface area (Å²) in [5.41, 5.74) is 2.45. The van der Waals surface area contributed by atoms with E-state index in [1.54, 1.807) is 7.05 Å². The van der Waals surface area contributed by atoms with E-state index in [-0.39, 0.29) is 5.91 Å². The highest BCUT2D eigenvalue weighted by Crippen LogP contribution is 2.18. The Hall–Kier alpha value is -2.37. The third-order valence-corrected chi connectivity index (χ3v) is 2.72. The van der Waals surface area contributed by atoms with Gasteiger partial charge in [0.25, 0.3) is 5.91 Å². The number of nitrogens with zero attached hydrogens (tertiary/aromatic N) is 3. The van der Waals surface area contributed by atoms with Crippen LogP contribution in [0.3, 0.4) is 0 Å². The van der Waals surface area contributed by atoms with Gasteiger partial charge >= 0.3 is 0 Å². The van der Waals surface area contributed by atoms with Gasteiger partial charge in [-0.3, -0.25) is 10.1 Å². The van der Waals surface area contributed by atoms with Crippen molar-refractivity contribution in [2.45, 2.75) is 13.8 Å². The summed E-state index contributed by atoms with van der Waals surface area (Å²) in [6.07, 6.45) is 1.40. The number of carbonyl (C=O) groups excluding carboxylic acids is 1. The van der Waals surface area contributed by atoms with Crippen molar-refractivity contribution in [3.05, 3.63) is 35.7 Å². The molecule has 0 atom stereocenters. The molecule has 0 aliphatic heterocycles. The monoisotopic (exact) mass is 259 g/mol. The van der Waals surface area contributed by atoms with Crippen LogP contribution in [0, 0.1) is 6.92 Å². The number of anilines is 2. The number of aryl methyl sites for hydroxylation is 2. The van der Waals surface area contributed by atoms with Crippen LogP contribution >= 0.6 is 0 Å². The molecule has 0 spiro atoms. The van der Waals surface area contributed by atoms with Crippen LogP contribution in [-0.2, 0) is 7.05 Å². The van der Waals surface area contributed by atoms with E-state index in [1.165, 1.54) is 11.0 Å². The van der Waals surface area contributed by atoms with Crippen molar-refractivity contribution in [2.24, 2.45) is 7.05 Å². The number of aromatic nitrogens is 3. The summed E-state index contributed by atoms with van der Waals surface area (Å²) in [4.78, 5) is 16.3. The summed E-state index contributed by atoms with van der Waals surface area (Å²) in [6.45, 7) is 4.70. The Morgan fingerprint density at radius 2 is 2.21 bits per heavy atom. The van der Waals surface area contributed by atoms with Gasteiger partial charge in [-0.05, 0) is 26.0 Å². The Morgan fingerprint density at radius 1 is 1.42 bits per heavy atom. The lowest BCUT2D eigenvalue weighted by atomic mass is 10.1. The molecule has 2 N–H and O–H groups in total. The Morgan fingerprint density at radius 3 is 2.84 bits per heavy atom. The zero-order chi connectivity index (χ0) is 13.8. The van der Waals surface area contributed by atoms with E-state index < -0.39 is 0 Å². The molecule has 1 aromatic carbocycles. The lowest BCUT2D eigenvalue weighted by Gasteiger charge is -2.11. The van der Waals surface area contributed by atoms with Crippen molar-refractivity contribution in [1.82, 2.24) is 14.8 Å². The third-order valence-electron chi connectivity index (χ3n) is 2.72. The topological polar surface area (TPSA) is 71.8 Å². The molecule has 0 saturated carbocycles. The Labute approximate surface area is 111 Å². The molecule has 0 fully saturated rings. The first-order valence-electron chi connectivity index (χ1n) is 6.11. The maximum absolute atomic E-state index is 12.3. The van der Waals surface area contributed by atoms with Crippen molar-refractivity contribution < 1.29 is 4.79 Å². The van der Waals surface area contributed by atoms with E-state index in [0.717, 1.165) is 17.8 Å². The quantitative estimate of drug-likeness (QED) is 0.878. The maximum Gasteiger partial charge on any atom is 0.260 e. The van der Waals surface area contributed by atoms with Crippen LogP contribution in [0.15, 0.2) is 24.5 Å². The second-order valence-electron chi connectivity index (χ2n) is 4.24. The molecule has 0 aliphatic rings. The number of rotatable bonds is 4. The lowest BCUT2D eigenvalue weighted by molar-refractivity contribution is 0.102. The van der Waals surface area contributed by atoms with Crippen LogP contribution in [-0.4, -0.2) is 27.2 Å². The normalized spacial score (nSPS) is 10.3. The second kappa shape index (κ2) is 5.51. The highest BCUT2D eigenvalue weighted by atomic mass is 16.1. The molecule has 0 aliphatic carbocycles. The molecular weight excluding hydrogens is 242 g/mol. The summed E-state index contributed by atoms with van der Waals surface area (Å²) in [7, 11) is 1.73. The smallest absolute Gasteiger partial charge is 0.260 e. The number of carbonyl (C=O) groups is 1. The predicted molar refractivity (Wildman–Crippen MR) is 74.3 cm³/mol. The van der Waals surface area contributed by atoms with Crippen LogP contribution in [0.5, 0.6) is 0 Å². The minimum absolute atomic E-state index is 0.198.